The Hall–Kier alpha value is -1.93. The van der Waals surface area contributed by atoms with Gasteiger partial charge in [0.05, 0.1) is 28.7 Å². The largest absolute Gasteiger partial charge is 0.379 e. The first-order valence-electron chi connectivity index (χ1n) is 9.39. The molecule has 0 radical (unpaired) electrons. The number of rotatable bonds is 5. The molecule has 0 aromatic heterocycles. The number of amides is 1. The van der Waals surface area contributed by atoms with Gasteiger partial charge in [-0.25, -0.2) is 8.42 Å². The van der Waals surface area contributed by atoms with Crippen molar-refractivity contribution in [3.8, 4) is 0 Å². The maximum absolute atomic E-state index is 13.0. The zero-order valence-corrected chi connectivity index (χ0v) is 18.4. The van der Waals surface area contributed by atoms with Gasteiger partial charge >= 0.3 is 0 Å². The summed E-state index contributed by atoms with van der Waals surface area (Å²) in [6, 6.07) is 10.3. The quantitative estimate of drug-likeness (QED) is 0.721. The number of halogens is 1. The van der Waals surface area contributed by atoms with Crippen molar-refractivity contribution in [1.29, 1.82) is 0 Å². The highest BCUT2D eigenvalue weighted by Crippen LogP contribution is 2.25. The monoisotopic (exact) mass is 436 g/mol. The number of hydrogen-bond donors (Lipinski definition) is 0. The smallest absolute Gasteiger partial charge is 0.255 e. The molecule has 1 amide bonds. The van der Waals surface area contributed by atoms with Crippen LogP contribution in [-0.2, 0) is 21.3 Å². The van der Waals surface area contributed by atoms with E-state index >= 15 is 0 Å². The molecule has 1 heterocycles. The summed E-state index contributed by atoms with van der Waals surface area (Å²) in [5.41, 5.74) is 3.46. The number of sulfonamides is 1. The average Bonchev–Trinajstić information content (AvgIpc) is 2.70. The van der Waals surface area contributed by atoms with Crippen LogP contribution in [0.5, 0.6) is 0 Å². The van der Waals surface area contributed by atoms with Gasteiger partial charge < -0.3 is 9.64 Å². The molecule has 0 saturated carbocycles. The normalized spacial score (nSPS) is 15.3. The van der Waals surface area contributed by atoms with Crippen LogP contribution in [0.25, 0.3) is 0 Å². The van der Waals surface area contributed by atoms with Crippen molar-refractivity contribution in [2.75, 3.05) is 33.4 Å². The van der Waals surface area contributed by atoms with Crippen LogP contribution >= 0.6 is 11.6 Å². The lowest BCUT2D eigenvalue weighted by Crippen LogP contribution is -2.40. The fourth-order valence-electron chi connectivity index (χ4n) is 3.32. The highest BCUT2D eigenvalue weighted by molar-refractivity contribution is 7.89. The molecule has 0 aliphatic carbocycles. The van der Waals surface area contributed by atoms with Crippen LogP contribution in [0.2, 0.25) is 5.02 Å². The van der Waals surface area contributed by atoms with Crippen LogP contribution in [0.4, 0.5) is 0 Å². The van der Waals surface area contributed by atoms with Crippen LogP contribution in [-0.4, -0.2) is 56.9 Å². The summed E-state index contributed by atoms with van der Waals surface area (Å²) in [5, 5.41) is 0.225. The van der Waals surface area contributed by atoms with Crippen LogP contribution in [0.15, 0.2) is 41.3 Å². The SMILES string of the molecule is Cc1ccc(CN(C)C(=O)c2cc(S(=O)(=O)N3CCOCC3)ccc2Cl)c(C)c1. The minimum absolute atomic E-state index is 0.0621. The first-order chi connectivity index (χ1) is 13.7. The fourth-order valence-corrected chi connectivity index (χ4v) is 4.95. The molecule has 0 unspecified atom stereocenters. The van der Waals surface area contributed by atoms with E-state index in [0.717, 1.165) is 16.7 Å². The zero-order chi connectivity index (χ0) is 21.2. The fraction of sp³-hybridized carbons (Fsp3) is 0.381. The van der Waals surface area contributed by atoms with E-state index in [0.29, 0.717) is 32.8 Å². The maximum Gasteiger partial charge on any atom is 0.255 e. The number of aryl methyl sites for hydroxylation is 2. The standard InChI is InChI=1S/C21H25ClN2O4S/c1-15-4-5-17(16(2)12-15)14-23(3)21(25)19-13-18(6-7-20(19)22)29(26,27)24-8-10-28-11-9-24/h4-7,12-13H,8-11,14H2,1-3H3. The summed E-state index contributed by atoms with van der Waals surface area (Å²) in [7, 11) is -2.03. The van der Waals surface area contributed by atoms with Gasteiger partial charge in [0.1, 0.15) is 0 Å². The van der Waals surface area contributed by atoms with E-state index < -0.39 is 10.0 Å². The summed E-state index contributed by atoms with van der Waals surface area (Å²) in [4.78, 5) is 14.6. The van der Waals surface area contributed by atoms with Gasteiger partial charge in [-0.15, -0.1) is 0 Å². The lowest BCUT2D eigenvalue weighted by atomic mass is 10.1. The van der Waals surface area contributed by atoms with E-state index in [1.807, 2.05) is 26.0 Å². The lowest BCUT2D eigenvalue weighted by Gasteiger charge is -2.26. The lowest BCUT2D eigenvalue weighted by molar-refractivity contribution is 0.0730. The van der Waals surface area contributed by atoms with E-state index in [2.05, 4.69) is 6.07 Å². The Labute approximate surface area is 177 Å². The molecule has 29 heavy (non-hydrogen) atoms. The van der Waals surface area contributed by atoms with Crippen molar-refractivity contribution in [2.24, 2.45) is 0 Å². The number of benzene rings is 2. The third-order valence-corrected chi connectivity index (χ3v) is 7.25. The van der Waals surface area contributed by atoms with Crippen molar-refractivity contribution < 1.29 is 17.9 Å². The predicted octanol–water partition coefficient (Wildman–Crippen LogP) is 3.25. The number of ether oxygens (including phenoxy) is 1. The van der Waals surface area contributed by atoms with Crippen molar-refractivity contribution in [3.63, 3.8) is 0 Å². The van der Waals surface area contributed by atoms with Gasteiger partial charge in [0.2, 0.25) is 10.0 Å². The van der Waals surface area contributed by atoms with Crippen molar-refractivity contribution in [3.05, 3.63) is 63.7 Å². The summed E-state index contributed by atoms with van der Waals surface area (Å²) in [6.45, 7) is 5.73. The average molecular weight is 437 g/mol. The maximum atomic E-state index is 13.0. The Balaban J connectivity index is 1.85. The Morgan fingerprint density at radius 3 is 2.48 bits per heavy atom. The summed E-state index contributed by atoms with van der Waals surface area (Å²) >= 11 is 6.25. The second-order valence-electron chi connectivity index (χ2n) is 7.25. The van der Waals surface area contributed by atoms with Gasteiger partial charge in [-0.05, 0) is 43.2 Å². The van der Waals surface area contributed by atoms with Crippen molar-refractivity contribution >= 4 is 27.5 Å². The van der Waals surface area contributed by atoms with Gasteiger partial charge in [0, 0.05) is 26.7 Å². The first-order valence-corrected chi connectivity index (χ1v) is 11.2. The second-order valence-corrected chi connectivity index (χ2v) is 9.59. The molecule has 2 aromatic rings. The van der Waals surface area contributed by atoms with E-state index in [4.69, 9.17) is 16.3 Å². The van der Waals surface area contributed by atoms with Gasteiger partial charge in [0.25, 0.3) is 5.91 Å². The molecule has 2 aromatic carbocycles. The highest BCUT2D eigenvalue weighted by atomic mass is 35.5. The van der Waals surface area contributed by atoms with E-state index in [9.17, 15) is 13.2 Å². The molecule has 6 nitrogen and oxygen atoms in total. The minimum Gasteiger partial charge on any atom is -0.379 e. The number of morpholine rings is 1. The Morgan fingerprint density at radius 1 is 1.14 bits per heavy atom. The van der Waals surface area contributed by atoms with Crippen LogP contribution in [0.1, 0.15) is 27.0 Å². The Bertz CT molecular complexity index is 1020. The van der Waals surface area contributed by atoms with E-state index in [-0.39, 0.29) is 21.4 Å². The van der Waals surface area contributed by atoms with Crippen molar-refractivity contribution in [1.82, 2.24) is 9.21 Å². The molecule has 0 atom stereocenters. The number of carbonyl (C=O) groups excluding carboxylic acids is 1. The van der Waals surface area contributed by atoms with Gasteiger partial charge in [-0.2, -0.15) is 4.31 Å². The summed E-state index contributed by atoms with van der Waals surface area (Å²) in [5.74, 6) is -0.325. The number of hydrogen-bond acceptors (Lipinski definition) is 4. The first kappa shape index (κ1) is 21.8. The topological polar surface area (TPSA) is 66.9 Å². The molecular weight excluding hydrogens is 412 g/mol. The van der Waals surface area contributed by atoms with Gasteiger partial charge in [-0.1, -0.05) is 35.4 Å². The Morgan fingerprint density at radius 2 is 1.83 bits per heavy atom. The predicted molar refractivity (Wildman–Crippen MR) is 113 cm³/mol. The summed E-state index contributed by atoms with van der Waals surface area (Å²) in [6.07, 6.45) is 0. The molecule has 1 aliphatic heterocycles. The molecule has 156 valence electrons. The van der Waals surface area contributed by atoms with Crippen LogP contribution < -0.4 is 0 Å². The highest BCUT2D eigenvalue weighted by Gasteiger charge is 2.28. The molecule has 8 heteroatoms. The van der Waals surface area contributed by atoms with Crippen molar-refractivity contribution in [2.45, 2.75) is 25.3 Å². The number of nitrogens with zero attached hydrogens (tertiary/aromatic N) is 2. The molecular formula is C21H25ClN2O4S. The molecule has 0 N–H and O–H groups in total. The van der Waals surface area contributed by atoms with Gasteiger partial charge in [0.15, 0.2) is 0 Å². The minimum atomic E-state index is -3.71. The molecule has 0 bridgehead atoms. The Kier molecular flexibility index (Phi) is 6.63. The van der Waals surface area contributed by atoms with E-state index in [1.54, 1.807) is 11.9 Å². The molecule has 1 saturated heterocycles. The third-order valence-electron chi connectivity index (χ3n) is 5.03. The van der Waals surface area contributed by atoms with Crippen LogP contribution in [0.3, 0.4) is 0 Å². The van der Waals surface area contributed by atoms with Gasteiger partial charge in [-0.3, -0.25) is 4.79 Å². The molecule has 1 fully saturated rings. The van der Waals surface area contributed by atoms with Crippen LogP contribution in [0, 0.1) is 13.8 Å². The molecule has 1 aliphatic rings. The number of carbonyl (C=O) groups is 1. The second kappa shape index (κ2) is 8.83. The zero-order valence-electron chi connectivity index (χ0n) is 16.8. The molecule has 3 rings (SSSR count). The summed E-state index contributed by atoms with van der Waals surface area (Å²) < 4.78 is 32.4. The molecule has 0 spiro atoms. The third kappa shape index (κ3) is 4.80. The van der Waals surface area contributed by atoms with E-state index in [1.165, 1.54) is 22.5 Å².